The summed E-state index contributed by atoms with van der Waals surface area (Å²) < 4.78 is 11.0. The van der Waals surface area contributed by atoms with Gasteiger partial charge in [0, 0.05) is 6.20 Å². The summed E-state index contributed by atoms with van der Waals surface area (Å²) in [5.74, 6) is 1.15. The van der Waals surface area contributed by atoms with Crippen molar-refractivity contribution < 1.29 is 9.47 Å². The second kappa shape index (κ2) is 5.86. The van der Waals surface area contributed by atoms with Crippen LogP contribution >= 0.6 is 11.6 Å². The number of nitriles is 1. The fourth-order valence-corrected chi connectivity index (χ4v) is 2.34. The lowest BCUT2D eigenvalue weighted by molar-refractivity contribution is 0.171. The number of hydrogen-bond donors (Lipinski definition) is 0. The van der Waals surface area contributed by atoms with Crippen LogP contribution in [0.25, 0.3) is 11.6 Å². The van der Waals surface area contributed by atoms with Gasteiger partial charge in [-0.3, -0.25) is 4.98 Å². The number of halogens is 1. The van der Waals surface area contributed by atoms with E-state index in [2.05, 4.69) is 11.1 Å². The fourth-order valence-electron chi connectivity index (χ4n) is 2.07. The van der Waals surface area contributed by atoms with Crippen LogP contribution in [0.15, 0.2) is 36.5 Å². The van der Waals surface area contributed by atoms with E-state index in [-0.39, 0.29) is 0 Å². The Morgan fingerprint density at radius 2 is 2.14 bits per heavy atom. The average molecular weight is 299 g/mol. The molecule has 3 rings (SSSR count). The molecule has 21 heavy (non-hydrogen) atoms. The van der Waals surface area contributed by atoms with Crippen LogP contribution < -0.4 is 9.47 Å². The highest BCUT2D eigenvalue weighted by molar-refractivity contribution is 6.32. The Hall–Kier alpha value is -2.51. The van der Waals surface area contributed by atoms with Gasteiger partial charge in [0.05, 0.1) is 16.3 Å². The molecular weight excluding hydrogens is 288 g/mol. The van der Waals surface area contributed by atoms with Crippen molar-refractivity contribution in [1.29, 1.82) is 5.26 Å². The lowest BCUT2D eigenvalue weighted by Gasteiger charge is -2.19. The number of pyridine rings is 1. The van der Waals surface area contributed by atoms with Crippen LogP contribution in [0, 0.1) is 11.3 Å². The summed E-state index contributed by atoms with van der Waals surface area (Å²) in [6.07, 6.45) is 3.38. The van der Waals surface area contributed by atoms with E-state index in [0.29, 0.717) is 41.0 Å². The second-order valence-electron chi connectivity index (χ2n) is 4.41. The lowest BCUT2D eigenvalue weighted by Crippen LogP contribution is -2.15. The maximum atomic E-state index is 9.30. The molecule has 0 saturated carbocycles. The Labute approximate surface area is 127 Å². The molecular formula is C16H11ClN2O2. The zero-order chi connectivity index (χ0) is 14.7. The molecule has 0 bridgehead atoms. The minimum atomic E-state index is 0.461. The molecule has 0 N–H and O–H groups in total. The molecule has 2 heterocycles. The first-order valence-electron chi connectivity index (χ1n) is 6.40. The number of aromatic nitrogens is 1. The van der Waals surface area contributed by atoms with Crippen molar-refractivity contribution in [3.05, 3.63) is 52.8 Å². The molecule has 2 aromatic rings. The van der Waals surface area contributed by atoms with Gasteiger partial charge in [0.15, 0.2) is 11.5 Å². The van der Waals surface area contributed by atoms with Crippen molar-refractivity contribution in [2.24, 2.45) is 0 Å². The minimum absolute atomic E-state index is 0.461. The number of rotatable bonds is 2. The highest BCUT2D eigenvalue weighted by Gasteiger charge is 2.16. The van der Waals surface area contributed by atoms with E-state index in [1.807, 2.05) is 6.07 Å². The van der Waals surface area contributed by atoms with Gasteiger partial charge in [-0.2, -0.15) is 5.26 Å². The van der Waals surface area contributed by atoms with Crippen molar-refractivity contribution >= 4 is 23.3 Å². The topological polar surface area (TPSA) is 55.1 Å². The molecule has 1 aliphatic heterocycles. The second-order valence-corrected chi connectivity index (χ2v) is 4.82. The van der Waals surface area contributed by atoms with Crippen molar-refractivity contribution in [3.8, 4) is 17.6 Å². The SMILES string of the molecule is N#C/C(=C\c1cc(Cl)c2c(c1)OCCO2)c1ccccn1. The van der Waals surface area contributed by atoms with E-state index >= 15 is 0 Å². The van der Waals surface area contributed by atoms with Crippen molar-refractivity contribution in [2.75, 3.05) is 13.2 Å². The Balaban J connectivity index is 2.02. The van der Waals surface area contributed by atoms with E-state index in [9.17, 15) is 5.26 Å². The Bertz CT molecular complexity index is 736. The van der Waals surface area contributed by atoms with Gasteiger partial charge in [-0.25, -0.2) is 0 Å². The number of hydrogen-bond acceptors (Lipinski definition) is 4. The predicted molar refractivity (Wildman–Crippen MR) is 80.2 cm³/mol. The maximum Gasteiger partial charge on any atom is 0.179 e. The minimum Gasteiger partial charge on any atom is -0.486 e. The van der Waals surface area contributed by atoms with Gasteiger partial charge in [0.2, 0.25) is 0 Å². The van der Waals surface area contributed by atoms with Gasteiger partial charge in [-0.05, 0) is 35.9 Å². The molecule has 0 unspecified atom stereocenters. The first kappa shape index (κ1) is 13.5. The molecule has 0 aliphatic carbocycles. The molecule has 0 radical (unpaired) electrons. The monoisotopic (exact) mass is 298 g/mol. The van der Waals surface area contributed by atoms with E-state index in [1.165, 1.54) is 0 Å². The number of ether oxygens (including phenoxy) is 2. The van der Waals surface area contributed by atoms with Crippen LogP contribution in [0.3, 0.4) is 0 Å². The maximum absolute atomic E-state index is 9.30. The highest BCUT2D eigenvalue weighted by Crippen LogP contribution is 2.39. The molecule has 5 heteroatoms. The molecule has 104 valence electrons. The van der Waals surface area contributed by atoms with Crippen LogP contribution in [0.4, 0.5) is 0 Å². The molecule has 0 fully saturated rings. The molecule has 1 aliphatic rings. The van der Waals surface area contributed by atoms with Crippen molar-refractivity contribution in [3.63, 3.8) is 0 Å². The molecule has 4 nitrogen and oxygen atoms in total. The van der Waals surface area contributed by atoms with Crippen molar-refractivity contribution in [2.45, 2.75) is 0 Å². The third-order valence-corrected chi connectivity index (χ3v) is 3.27. The van der Waals surface area contributed by atoms with Crippen LogP contribution in [-0.2, 0) is 0 Å². The zero-order valence-electron chi connectivity index (χ0n) is 11.0. The average Bonchev–Trinajstić information content (AvgIpc) is 2.53. The Morgan fingerprint density at radius 1 is 1.29 bits per heavy atom. The molecule has 0 saturated heterocycles. The number of allylic oxidation sites excluding steroid dienone is 1. The first-order valence-corrected chi connectivity index (χ1v) is 6.78. The van der Waals surface area contributed by atoms with Gasteiger partial charge >= 0.3 is 0 Å². The van der Waals surface area contributed by atoms with E-state index in [0.717, 1.165) is 5.56 Å². The molecule has 0 atom stereocenters. The molecule has 1 aromatic heterocycles. The van der Waals surface area contributed by atoms with Crippen LogP contribution in [0.5, 0.6) is 11.5 Å². The van der Waals surface area contributed by atoms with Crippen LogP contribution in [-0.4, -0.2) is 18.2 Å². The predicted octanol–water partition coefficient (Wildman–Crippen LogP) is 3.57. The number of fused-ring (bicyclic) bond motifs is 1. The van der Waals surface area contributed by atoms with Crippen LogP contribution in [0.1, 0.15) is 11.3 Å². The summed E-state index contributed by atoms with van der Waals surface area (Å²) in [5.41, 5.74) is 1.85. The van der Waals surface area contributed by atoms with E-state index < -0.39 is 0 Å². The van der Waals surface area contributed by atoms with Gasteiger partial charge < -0.3 is 9.47 Å². The van der Waals surface area contributed by atoms with E-state index in [4.69, 9.17) is 21.1 Å². The fraction of sp³-hybridized carbons (Fsp3) is 0.125. The third kappa shape index (κ3) is 2.83. The third-order valence-electron chi connectivity index (χ3n) is 2.99. The number of nitrogens with zero attached hydrogens (tertiary/aromatic N) is 2. The molecule has 1 aromatic carbocycles. The van der Waals surface area contributed by atoms with Gasteiger partial charge in [-0.15, -0.1) is 0 Å². The Morgan fingerprint density at radius 3 is 2.90 bits per heavy atom. The standard InChI is InChI=1S/C16H11ClN2O2/c17-13-8-11(9-15-16(13)21-6-5-20-15)7-12(10-18)14-3-1-2-4-19-14/h1-4,7-9H,5-6H2/b12-7+. The van der Waals surface area contributed by atoms with Gasteiger partial charge in [0.25, 0.3) is 0 Å². The van der Waals surface area contributed by atoms with Crippen LogP contribution in [0.2, 0.25) is 5.02 Å². The smallest absolute Gasteiger partial charge is 0.179 e. The first-order chi connectivity index (χ1) is 10.3. The lowest BCUT2D eigenvalue weighted by atomic mass is 10.1. The Kier molecular flexibility index (Phi) is 3.76. The summed E-state index contributed by atoms with van der Waals surface area (Å²) in [6.45, 7) is 0.973. The summed E-state index contributed by atoms with van der Waals surface area (Å²) in [4.78, 5) is 4.18. The summed E-state index contributed by atoms with van der Waals surface area (Å²) >= 11 is 6.19. The highest BCUT2D eigenvalue weighted by atomic mass is 35.5. The largest absolute Gasteiger partial charge is 0.486 e. The summed E-state index contributed by atoms with van der Waals surface area (Å²) in [5, 5.41) is 9.77. The number of benzene rings is 1. The van der Waals surface area contributed by atoms with E-state index in [1.54, 1.807) is 36.5 Å². The normalized spacial score (nSPS) is 13.6. The molecule has 0 amide bonds. The van der Waals surface area contributed by atoms with Crippen molar-refractivity contribution in [1.82, 2.24) is 4.98 Å². The quantitative estimate of drug-likeness (QED) is 0.795. The zero-order valence-corrected chi connectivity index (χ0v) is 11.8. The summed E-state index contributed by atoms with van der Waals surface area (Å²) in [6, 6.07) is 11.1. The van der Waals surface area contributed by atoms with Gasteiger partial charge in [0.1, 0.15) is 19.3 Å². The summed E-state index contributed by atoms with van der Waals surface area (Å²) in [7, 11) is 0. The van der Waals surface area contributed by atoms with Gasteiger partial charge in [-0.1, -0.05) is 17.7 Å². The molecule has 0 spiro atoms.